The molecule has 3 rings (SSSR count). The first kappa shape index (κ1) is 18.3. The molecule has 1 aliphatic rings. The number of hydrogen-bond acceptors (Lipinski definition) is 5. The minimum atomic E-state index is -1.18. The number of anilines is 2. The Balaban J connectivity index is 1.73. The Bertz CT molecular complexity index is 774. The lowest BCUT2D eigenvalue weighted by atomic mass is 9.92. The third kappa shape index (κ3) is 3.83. The molecular weight excluding hydrogens is 350 g/mol. The maximum absolute atomic E-state index is 12.5. The van der Waals surface area contributed by atoms with Crippen molar-refractivity contribution in [1.29, 1.82) is 0 Å². The van der Waals surface area contributed by atoms with Crippen LogP contribution in [-0.4, -0.2) is 46.1 Å². The second-order valence-corrected chi connectivity index (χ2v) is 7.48. The maximum atomic E-state index is 12.5. The molecule has 1 fully saturated rings. The number of carboxylic acid groups (broad SMARTS) is 1. The number of nitrogens with one attached hydrogen (secondary N) is 1. The van der Waals surface area contributed by atoms with Crippen LogP contribution >= 0.6 is 11.8 Å². The molecule has 0 atom stereocenters. The molecule has 1 aromatic carbocycles. The van der Waals surface area contributed by atoms with Crippen molar-refractivity contribution in [3.63, 3.8) is 0 Å². The molecule has 7 heteroatoms. The average molecular weight is 371 g/mol. The molecule has 1 saturated heterocycles. The van der Waals surface area contributed by atoms with E-state index in [1.807, 2.05) is 42.3 Å². The highest BCUT2D eigenvalue weighted by Crippen LogP contribution is 2.28. The highest BCUT2D eigenvalue weighted by Gasteiger charge is 2.41. The molecule has 0 aliphatic carbocycles. The summed E-state index contributed by atoms with van der Waals surface area (Å²) in [5.74, 6) is 0.784. The Morgan fingerprint density at radius 1 is 1.15 bits per heavy atom. The predicted octanol–water partition coefficient (Wildman–Crippen LogP) is 2.93. The van der Waals surface area contributed by atoms with Gasteiger partial charge in [0.25, 0.3) is 5.91 Å². The monoisotopic (exact) mass is 371 g/mol. The van der Waals surface area contributed by atoms with Crippen LogP contribution in [0.1, 0.15) is 23.2 Å². The number of amides is 1. The molecule has 2 aromatic rings. The maximum Gasteiger partial charge on any atom is 0.329 e. The van der Waals surface area contributed by atoms with Gasteiger partial charge in [-0.3, -0.25) is 4.79 Å². The second-order valence-electron chi connectivity index (χ2n) is 6.25. The second kappa shape index (κ2) is 7.78. The molecule has 0 bridgehead atoms. The summed E-state index contributed by atoms with van der Waals surface area (Å²) >= 11 is 1.71. The Labute approximate surface area is 156 Å². The number of benzene rings is 1. The normalized spacial score (nSPS) is 15.9. The topological polar surface area (TPSA) is 82.5 Å². The van der Waals surface area contributed by atoms with Crippen LogP contribution in [-0.2, 0) is 4.79 Å². The molecule has 0 radical (unpaired) electrons. The van der Waals surface area contributed by atoms with Gasteiger partial charge in [0.05, 0.1) is 5.56 Å². The lowest BCUT2D eigenvalue weighted by Gasteiger charge is -2.33. The Morgan fingerprint density at radius 2 is 1.85 bits per heavy atom. The van der Waals surface area contributed by atoms with Crippen molar-refractivity contribution < 1.29 is 14.7 Å². The van der Waals surface area contributed by atoms with Crippen LogP contribution in [0.5, 0.6) is 0 Å². The Kier molecular flexibility index (Phi) is 5.46. The highest BCUT2D eigenvalue weighted by molar-refractivity contribution is 7.99. The summed E-state index contributed by atoms with van der Waals surface area (Å²) in [6.07, 6.45) is 2.35. The molecule has 136 valence electrons. The van der Waals surface area contributed by atoms with E-state index in [1.165, 1.54) is 6.20 Å². The van der Waals surface area contributed by atoms with Crippen LogP contribution in [0.4, 0.5) is 11.5 Å². The number of aliphatic carboxylic acids is 1. The van der Waals surface area contributed by atoms with Gasteiger partial charge in [-0.1, -0.05) is 18.2 Å². The lowest BCUT2D eigenvalue weighted by Crippen LogP contribution is -2.56. The van der Waals surface area contributed by atoms with E-state index in [0.717, 1.165) is 17.2 Å². The molecule has 2 N–H and O–H groups in total. The minimum Gasteiger partial charge on any atom is -0.480 e. The van der Waals surface area contributed by atoms with Gasteiger partial charge < -0.3 is 15.3 Å². The summed E-state index contributed by atoms with van der Waals surface area (Å²) in [6, 6.07) is 13.2. The molecule has 6 nitrogen and oxygen atoms in total. The summed E-state index contributed by atoms with van der Waals surface area (Å²) in [5.41, 5.74) is 0.165. The number of hydrogen-bond donors (Lipinski definition) is 2. The van der Waals surface area contributed by atoms with Crippen molar-refractivity contribution in [2.75, 3.05) is 23.5 Å². The van der Waals surface area contributed by atoms with Gasteiger partial charge in [-0.2, -0.15) is 11.8 Å². The molecule has 2 heterocycles. The molecule has 1 aromatic heterocycles. The zero-order valence-electron chi connectivity index (χ0n) is 14.5. The van der Waals surface area contributed by atoms with Crippen LogP contribution in [0, 0.1) is 0 Å². The first-order valence-electron chi connectivity index (χ1n) is 8.40. The van der Waals surface area contributed by atoms with Gasteiger partial charge in [0.2, 0.25) is 0 Å². The van der Waals surface area contributed by atoms with E-state index in [2.05, 4.69) is 10.3 Å². The number of carbonyl (C=O) groups is 2. The minimum absolute atomic E-state index is 0.356. The van der Waals surface area contributed by atoms with Crippen LogP contribution in [0.2, 0.25) is 0 Å². The van der Waals surface area contributed by atoms with Gasteiger partial charge in [-0.15, -0.1) is 0 Å². The number of nitrogens with zero attached hydrogens (tertiary/aromatic N) is 2. The smallest absolute Gasteiger partial charge is 0.329 e. The number of aromatic nitrogens is 1. The van der Waals surface area contributed by atoms with Crippen LogP contribution in [0.25, 0.3) is 0 Å². The van der Waals surface area contributed by atoms with E-state index in [4.69, 9.17) is 0 Å². The zero-order valence-corrected chi connectivity index (χ0v) is 15.3. The van der Waals surface area contributed by atoms with Gasteiger partial charge in [0, 0.05) is 18.9 Å². The average Bonchev–Trinajstić information content (AvgIpc) is 2.69. The first-order valence-corrected chi connectivity index (χ1v) is 9.56. The molecule has 26 heavy (non-hydrogen) atoms. The molecule has 0 unspecified atom stereocenters. The van der Waals surface area contributed by atoms with E-state index >= 15 is 0 Å². The summed E-state index contributed by atoms with van der Waals surface area (Å²) in [5, 5.41) is 12.3. The first-order chi connectivity index (χ1) is 12.5. The van der Waals surface area contributed by atoms with E-state index < -0.39 is 17.4 Å². The standard InChI is InChI=1S/C19H21N3O3S/c1-22(15-5-3-2-4-6-15)16-8-7-14(13-20-16)17(23)21-19(18(24)25)9-11-26-12-10-19/h2-8,13H,9-12H2,1H3,(H,21,23)(H,24,25). The van der Waals surface area contributed by atoms with E-state index in [-0.39, 0.29) is 0 Å². The van der Waals surface area contributed by atoms with Crippen molar-refractivity contribution in [1.82, 2.24) is 10.3 Å². The van der Waals surface area contributed by atoms with Gasteiger partial charge in [-0.25, -0.2) is 9.78 Å². The Morgan fingerprint density at radius 3 is 2.42 bits per heavy atom. The lowest BCUT2D eigenvalue weighted by molar-refractivity contribution is -0.144. The largest absolute Gasteiger partial charge is 0.480 e. The SMILES string of the molecule is CN(c1ccccc1)c1ccc(C(=O)NC2(C(=O)O)CCSCC2)cn1. The van der Waals surface area contributed by atoms with Crippen molar-refractivity contribution in [3.8, 4) is 0 Å². The fourth-order valence-electron chi connectivity index (χ4n) is 2.90. The Hall–Kier alpha value is -2.54. The summed E-state index contributed by atoms with van der Waals surface area (Å²) in [4.78, 5) is 30.5. The van der Waals surface area contributed by atoms with Crippen molar-refractivity contribution in [3.05, 3.63) is 54.2 Å². The van der Waals surface area contributed by atoms with Gasteiger partial charge in [0.15, 0.2) is 0 Å². The zero-order chi connectivity index (χ0) is 18.6. The molecule has 0 saturated carbocycles. The van der Waals surface area contributed by atoms with Crippen LogP contribution in [0.3, 0.4) is 0 Å². The van der Waals surface area contributed by atoms with E-state index in [0.29, 0.717) is 24.2 Å². The molecular formula is C19H21N3O3S. The van der Waals surface area contributed by atoms with Crippen molar-refractivity contribution in [2.45, 2.75) is 18.4 Å². The van der Waals surface area contributed by atoms with Gasteiger partial charge >= 0.3 is 5.97 Å². The molecule has 0 spiro atoms. The van der Waals surface area contributed by atoms with E-state index in [9.17, 15) is 14.7 Å². The summed E-state index contributed by atoms with van der Waals surface area (Å²) in [6.45, 7) is 0. The fourth-order valence-corrected chi connectivity index (χ4v) is 4.09. The number of pyridine rings is 1. The quantitative estimate of drug-likeness (QED) is 0.841. The fraction of sp³-hybridized carbons (Fsp3) is 0.316. The van der Waals surface area contributed by atoms with Gasteiger partial charge in [0.1, 0.15) is 11.4 Å². The number of para-hydroxylation sites is 1. The predicted molar refractivity (Wildman–Crippen MR) is 103 cm³/mol. The van der Waals surface area contributed by atoms with Crippen LogP contribution < -0.4 is 10.2 Å². The number of carboxylic acids is 1. The van der Waals surface area contributed by atoms with E-state index in [1.54, 1.807) is 23.9 Å². The number of carbonyl (C=O) groups excluding carboxylic acids is 1. The van der Waals surface area contributed by atoms with Crippen LogP contribution in [0.15, 0.2) is 48.7 Å². The van der Waals surface area contributed by atoms with Crippen molar-refractivity contribution >= 4 is 35.1 Å². The summed E-state index contributed by atoms with van der Waals surface area (Å²) < 4.78 is 0. The van der Waals surface area contributed by atoms with Gasteiger partial charge in [-0.05, 0) is 48.6 Å². The third-order valence-electron chi connectivity index (χ3n) is 4.61. The molecule has 1 amide bonds. The summed E-state index contributed by atoms with van der Waals surface area (Å²) in [7, 11) is 1.90. The third-order valence-corrected chi connectivity index (χ3v) is 5.59. The number of thioether (sulfide) groups is 1. The highest BCUT2D eigenvalue weighted by atomic mass is 32.2. The van der Waals surface area contributed by atoms with Crippen molar-refractivity contribution in [2.24, 2.45) is 0 Å². The number of rotatable bonds is 5. The molecule has 1 aliphatic heterocycles.